The van der Waals surface area contributed by atoms with E-state index in [-0.39, 0.29) is 35.7 Å². The van der Waals surface area contributed by atoms with E-state index in [1.165, 1.54) is 40.9 Å². The molecule has 0 saturated heterocycles. The third-order valence-corrected chi connectivity index (χ3v) is 10.0. The number of halogens is 1. The smallest absolute Gasteiger partial charge is 0.264 e. The Balaban J connectivity index is 1.72. The Labute approximate surface area is 257 Å². The van der Waals surface area contributed by atoms with E-state index in [1.807, 2.05) is 6.26 Å². The summed E-state index contributed by atoms with van der Waals surface area (Å²) in [5.74, 6) is -1.03. The van der Waals surface area contributed by atoms with Gasteiger partial charge in [0.1, 0.15) is 24.2 Å². The number of rotatable bonds is 13. The van der Waals surface area contributed by atoms with Crippen LogP contribution in [0.15, 0.2) is 82.6 Å². The van der Waals surface area contributed by atoms with Crippen molar-refractivity contribution in [2.75, 3.05) is 23.7 Å². The number of ether oxygens (including phenoxy) is 1. The number of anilines is 1. The molecule has 0 bridgehead atoms. The molecule has 1 N–H and O–H groups in total. The largest absolute Gasteiger partial charge is 0.492 e. The number of para-hydroxylation sites is 2. The molecule has 1 aliphatic carbocycles. The second kappa shape index (κ2) is 14.7. The van der Waals surface area contributed by atoms with E-state index in [1.54, 1.807) is 62.4 Å². The standard InChI is InChI=1S/C32H38FN3O5S2/c1-4-41-30-12-8-7-11-29(30)36(43(39,40)28-19-17-27(42-3)18-20-28)22-31(37)35(21-24-13-15-25(33)16-14-24)23(2)32(38)34-26-9-5-6-10-26/h7-8,11-20,23,26H,4-6,9-10,21-22H2,1-3H3,(H,34,38)/t23-/m0/s1. The number of nitrogens with one attached hydrogen (secondary N) is 1. The summed E-state index contributed by atoms with van der Waals surface area (Å²) in [6, 6.07) is 17.9. The van der Waals surface area contributed by atoms with Gasteiger partial charge in [-0.25, -0.2) is 12.8 Å². The number of amides is 2. The Morgan fingerprint density at radius 3 is 2.30 bits per heavy atom. The molecule has 43 heavy (non-hydrogen) atoms. The average Bonchev–Trinajstić information content (AvgIpc) is 3.52. The van der Waals surface area contributed by atoms with Crippen molar-refractivity contribution in [3.63, 3.8) is 0 Å². The molecule has 0 radical (unpaired) electrons. The fourth-order valence-corrected chi connectivity index (χ4v) is 6.92. The Bertz CT molecular complexity index is 1490. The van der Waals surface area contributed by atoms with Gasteiger partial charge in [-0.1, -0.05) is 37.1 Å². The van der Waals surface area contributed by atoms with Crippen molar-refractivity contribution in [2.45, 2.75) is 68.0 Å². The van der Waals surface area contributed by atoms with E-state index in [2.05, 4.69) is 5.32 Å². The van der Waals surface area contributed by atoms with Gasteiger partial charge in [-0.3, -0.25) is 13.9 Å². The van der Waals surface area contributed by atoms with Crippen LogP contribution in [0.25, 0.3) is 0 Å². The first-order valence-electron chi connectivity index (χ1n) is 14.4. The monoisotopic (exact) mass is 627 g/mol. The molecule has 0 spiro atoms. The van der Waals surface area contributed by atoms with Crippen LogP contribution < -0.4 is 14.4 Å². The SMILES string of the molecule is CCOc1ccccc1N(CC(=O)N(Cc1ccc(F)cc1)[C@@H](C)C(=O)NC1CCCC1)S(=O)(=O)c1ccc(SC)cc1. The average molecular weight is 628 g/mol. The molecule has 8 nitrogen and oxygen atoms in total. The number of thioether (sulfide) groups is 1. The minimum absolute atomic E-state index is 0.0121. The van der Waals surface area contributed by atoms with Crippen LogP contribution >= 0.6 is 11.8 Å². The topological polar surface area (TPSA) is 96.0 Å². The maximum Gasteiger partial charge on any atom is 0.264 e. The number of hydrogen-bond acceptors (Lipinski definition) is 6. The Morgan fingerprint density at radius 1 is 1.02 bits per heavy atom. The minimum atomic E-state index is -4.25. The highest BCUT2D eigenvalue weighted by Gasteiger charge is 2.34. The molecule has 0 heterocycles. The molecule has 0 aromatic heterocycles. The molecular formula is C32H38FN3O5S2. The van der Waals surface area contributed by atoms with Crippen LogP contribution in [0.5, 0.6) is 5.75 Å². The molecule has 0 unspecified atom stereocenters. The molecule has 4 rings (SSSR count). The van der Waals surface area contributed by atoms with Crippen LogP contribution in [0.4, 0.5) is 10.1 Å². The van der Waals surface area contributed by atoms with E-state index in [0.717, 1.165) is 34.9 Å². The van der Waals surface area contributed by atoms with Crippen molar-refractivity contribution < 1.29 is 27.1 Å². The summed E-state index contributed by atoms with van der Waals surface area (Å²) in [6.45, 7) is 3.11. The van der Waals surface area contributed by atoms with Gasteiger partial charge in [-0.2, -0.15) is 0 Å². The van der Waals surface area contributed by atoms with Crippen LogP contribution in [0.3, 0.4) is 0 Å². The zero-order chi connectivity index (χ0) is 31.0. The second-order valence-corrected chi connectivity index (χ2v) is 13.1. The summed E-state index contributed by atoms with van der Waals surface area (Å²) in [7, 11) is -4.25. The first kappa shape index (κ1) is 32.3. The molecular weight excluding hydrogens is 590 g/mol. The van der Waals surface area contributed by atoms with Crippen LogP contribution in [-0.4, -0.2) is 56.6 Å². The lowest BCUT2D eigenvalue weighted by Crippen LogP contribution is -2.52. The highest BCUT2D eigenvalue weighted by Crippen LogP contribution is 2.33. The van der Waals surface area contributed by atoms with Crippen LogP contribution in [0, 0.1) is 5.82 Å². The van der Waals surface area contributed by atoms with Gasteiger partial charge in [0.05, 0.1) is 17.2 Å². The molecule has 3 aromatic rings. The van der Waals surface area contributed by atoms with Gasteiger partial charge in [0.25, 0.3) is 10.0 Å². The lowest BCUT2D eigenvalue weighted by atomic mass is 10.1. The van der Waals surface area contributed by atoms with E-state index in [4.69, 9.17) is 4.74 Å². The van der Waals surface area contributed by atoms with Crippen LogP contribution in [0.2, 0.25) is 0 Å². The maximum atomic E-state index is 14.2. The molecule has 230 valence electrons. The van der Waals surface area contributed by atoms with Gasteiger partial charge in [0.2, 0.25) is 11.8 Å². The van der Waals surface area contributed by atoms with Crippen molar-refractivity contribution in [2.24, 2.45) is 0 Å². The summed E-state index contributed by atoms with van der Waals surface area (Å²) in [6.07, 6.45) is 5.70. The summed E-state index contributed by atoms with van der Waals surface area (Å²) in [5, 5.41) is 3.04. The van der Waals surface area contributed by atoms with E-state index < -0.39 is 34.3 Å². The summed E-state index contributed by atoms with van der Waals surface area (Å²) in [5.41, 5.74) is 0.809. The normalized spacial score (nSPS) is 14.2. The van der Waals surface area contributed by atoms with Crippen molar-refractivity contribution >= 4 is 39.3 Å². The molecule has 11 heteroatoms. The van der Waals surface area contributed by atoms with Crippen LogP contribution in [-0.2, 0) is 26.2 Å². The first-order valence-corrected chi connectivity index (χ1v) is 17.0. The van der Waals surface area contributed by atoms with Gasteiger partial charge < -0.3 is 15.0 Å². The second-order valence-electron chi connectivity index (χ2n) is 10.4. The third-order valence-electron chi connectivity index (χ3n) is 7.50. The molecule has 2 amide bonds. The Morgan fingerprint density at radius 2 is 1.67 bits per heavy atom. The number of sulfonamides is 1. The van der Waals surface area contributed by atoms with Crippen molar-refractivity contribution in [3.8, 4) is 5.75 Å². The van der Waals surface area contributed by atoms with Gasteiger partial charge in [0.15, 0.2) is 0 Å². The van der Waals surface area contributed by atoms with E-state index in [9.17, 15) is 22.4 Å². The number of hydrogen-bond donors (Lipinski definition) is 1. The summed E-state index contributed by atoms with van der Waals surface area (Å²) >= 11 is 1.48. The van der Waals surface area contributed by atoms with Gasteiger partial charge in [-0.15, -0.1) is 11.8 Å². The molecule has 1 saturated carbocycles. The van der Waals surface area contributed by atoms with Gasteiger partial charge in [0, 0.05) is 17.5 Å². The highest BCUT2D eigenvalue weighted by atomic mass is 32.2. The molecule has 1 atom stereocenters. The molecule has 1 fully saturated rings. The quantitative estimate of drug-likeness (QED) is 0.247. The number of benzene rings is 3. The van der Waals surface area contributed by atoms with Gasteiger partial charge in [-0.05, 0) is 87.0 Å². The predicted octanol–water partition coefficient (Wildman–Crippen LogP) is 5.62. The highest BCUT2D eigenvalue weighted by molar-refractivity contribution is 7.98. The number of carbonyl (C=O) groups excluding carboxylic acids is 2. The van der Waals surface area contributed by atoms with Crippen molar-refractivity contribution in [1.29, 1.82) is 0 Å². The molecule has 1 aliphatic rings. The molecule has 0 aliphatic heterocycles. The zero-order valence-corrected chi connectivity index (χ0v) is 26.3. The van der Waals surface area contributed by atoms with E-state index in [0.29, 0.717) is 11.3 Å². The summed E-state index contributed by atoms with van der Waals surface area (Å²) < 4.78 is 48.8. The van der Waals surface area contributed by atoms with Crippen molar-refractivity contribution in [1.82, 2.24) is 10.2 Å². The summed E-state index contributed by atoms with van der Waals surface area (Å²) in [4.78, 5) is 29.7. The fraction of sp³-hybridized carbons (Fsp3) is 0.375. The van der Waals surface area contributed by atoms with Crippen LogP contribution in [0.1, 0.15) is 45.1 Å². The maximum absolute atomic E-state index is 14.2. The predicted molar refractivity (Wildman–Crippen MR) is 167 cm³/mol. The number of nitrogens with zero attached hydrogens (tertiary/aromatic N) is 2. The minimum Gasteiger partial charge on any atom is -0.492 e. The fourth-order valence-electron chi connectivity index (χ4n) is 5.09. The number of carbonyl (C=O) groups is 2. The lowest BCUT2D eigenvalue weighted by molar-refractivity contribution is -0.139. The van der Waals surface area contributed by atoms with Crippen molar-refractivity contribution in [3.05, 3.63) is 84.2 Å². The Hall–Kier alpha value is -3.57. The first-order chi connectivity index (χ1) is 20.6. The van der Waals surface area contributed by atoms with Gasteiger partial charge >= 0.3 is 0 Å². The third kappa shape index (κ3) is 8.08. The molecule has 3 aromatic carbocycles. The lowest BCUT2D eigenvalue weighted by Gasteiger charge is -2.33. The van der Waals surface area contributed by atoms with E-state index >= 15 is 0 Å². The zero-order valence-electron chi connectivity index (χ0n) is 24.7. The Kier molecular flexibility index (Phi) is 11.1.